The molecule has 23 heavy (non-hydrogen) atoms. The average Bonchev–Trinajstić information content (AvgIpc) is 2.45. The van der Waals surface area contributed by atoms with Crippen molar-refractivity contribution in [2.24, 2.45) is 29.1 Å². The minimum Gasteiger partial charge on any atom is -0.353 e. The van der Waals surface area contributed by atoms with E-state index in [1.807, 2.05) is 0 Å². The fourth-order valence-electron chi connectivity index (χ4n) is 6.56. The lowest BCUT2D eigenvalue weighted by atomic mass is 9.48. The van der Waals surface area contributed by atoms with Crippen LogP contribution in [0.4, 0.5) is 0 Å². The minimum atomic E-state index is 0. The summed E-state index contributed by atoms with van der Waals surface area (Å²) < 4.78 is 0. The van der Waals surface area contributed by atoms with E-state index in [2.05, 4.69) is 24.5 Å². The van der Waals surface area contributed by atoms with Crippen molar-refractivity contribution in [1.82, 2.24) is 10.6 Å². The lowest BCUT2D eigenvalue weighted by Crippen LogP contribution is -2.57. The molecule has 1 saturated heterocycles. The summed E-state index contributed by atoms with van der Waals surface area (Å²) in [4.78, 5) is 12.7. The predicted octanol–water partition coefficient (Wildman–Crippen LogP) is 3.52. The molecule has 0 aromatic carbocycles. The van der Waals surface area contributed by atoms with Crippen LogP contribution >= 0.6 is 12.4 Å². The second kappa shape index (κ2) is 6.55. The standard InChI is InChI=1S/C19H32N2O.ClH/c1-12-5-17(3-4-20-12)18(22)21-13(2)19-9-14-6-15(10-19)8-16(7-14)11-19;/h12-17,20H,3-11H2,1-2H3,(H,21,22);1H/t12-,13?,14?,15?,16?,17-,19?;/m0./s1. The number of hydrogen-bond acceptors (Lipinski definition) is 2. The molecule has 1 unspecified atom stereocenters. The van der Waals surface area contributed by atoms with Crippen LogP contribution in [0.25, 0.3) is 0 Å². The third-order valence-corrected chi connectivity index (χ3v) is 7.36. The smallest absolute Gasteiger partial charge is 0.223 e. The van der Waals surface area contributed by atoms with Gasteiger partial charge in [-0.15, -0.1) is 12.4 Å². The molecule has 0 aromatic heterocycles. The van der Waals surface area contributed by atoms with Gasteiger partial charge in [-0.05, 0) is 94.9 Å². The van der Waals surface area contributed by atoms with E-state index in [0.29, 0.717) is 23.4 Å². The molecule has 4 bridgehead atoms. The first-order chi connectivity index (χ1) is 10.5. The summed E-state index contributed by atoms with van der Waals surface area (Å²) in [5, 5.41) is 6.91. The van der Waals surface area contributed by atoms with Crippen LogP contribution in [0.5, 0.6) is 0 Å². The molecule has 0 spiro atoms. The highest BCUT2D eigenvalue weighted by Gasteiger charge is 2.53. The second-order valence-electron chi connectivity index (χ2n) is 9.09. The summed E-state index contributed by atoms with van der Waals surface area (Å²) in [5.41, 5.74) is 0.433. The summed E-state index contributed by atoms with van der Waals surface area (Å²) in [5.74, 6) is 3.45. The van der Waals surface area contributed by atoms with Gasteiger partial charge in [0.25, 0.3) is 0 Å². The zero-order valence-electron chi connectivity index (χ0n) is 14.6. The summed E-state index contributed by atoms with van der Waals surface area (Å²) in [6.45, 7) is 5.49. The van der Waals surface area contributed by atoms with Gasteiger partial charge in [0, 0.05) is 18.0 Å². The molecule has 5 fully saturated rings. The van der Waals surface area contributed by atoms with E-state index in [1.54, 1.807) is 0 Å². The number of halogens is 1. The van der Waals surface area contributed by atoms with Crippen LogP contribution in [0.15, 0.2) is 0 Å². The van der Waals surface area contributed by atoms with E-state index in [-0.39, 0.29) is 18.3 Å². The lowest BCUT2D eigenvalue weighted by Gasteiger charge is -2.59. The maximum Gasteiger partial charge on any atom is 0.223 e. The Morgan fingerprint density at radius 2 is 1.65 bits per heavy atom. The van der Waals surface area contributed by atoms with Crippen molar-refractivity contribution in [3.05, 3.63) is 0 Å². The molecule has 132 valence electrons. The van der Waals surface area contributed by atoms with E-state index < -0.39 is 0 Å². The molecule has 1 amide bonds. The number of carbonyl (C=O) groups excluding carboxylic acids is 1. The van der Waals surface area contributed by atoms with Gasteiger partial charge in [0.2, 0.25) is 5.91 Å². The molecule has 3 nitrogen and oxygen atoms in total. The normalized spacial score (nSPS) is 46.1. The van der Waals surface area contributed by atoms with E-state index in [0.717, 1.165) is 37.1 Å². The van der Waals surface area contributed by atoms with Crippen molar-refractivity contribution in [3.8, 4) is 0 Å². The molecule has 4 aliphatic carbocycles. The van der Waals surface area contributed by atoms with Gasteiger partial charge in [0.15, 0.2) is 0 Å². The Bertz CT molecular complexity index is 417. The van der Waals surface area contributed by atoms with Crippen LogP contribution in [0.1, 0.15) is 65.2 Å². The van der Waals surface area contributed by atoms with Crippen LogP contribution in [0.2, 0.25) is 0 Å². The summed E-state index contributed by atoms with van der Waals surface area (Å²) in [6.07, 6.45) is 10.6. The van der Waals surface area contributed by atoms with Gasteiger partial charge in [0.1, 0.15) is 0 Å². The maximum atomic E-state index is 12.7. The number of nitrogens with one attached hydrogen (secondary N) is 2. The Morgan fingerprint density at radius 1 is 1.09 bits per heavy atom. The van der Waals surface area contributed by atoms with E-state index >= 15 is 0 Å². The molecule has 2 N–H and O–H groups in total. The van der Waals surface area contributed by atoms with Gasteiger partial charge < -0.3 is 10.6 Å². The SMILES string of the molecule is CC(NC(=O)[C@H]1CCN[C@@H](C)C1)C12CC3CC(CC(C3)C1)C2.Cl. The highest BCUT2D eigenvalue weighted by atomic mass is 35.5. The Hall–Kier alpha value is -0.280. The van der Waals surface area contributed by atoms with E-state index in [9.17, 15) is 4.79 Å². The topological polar surface area (TPSA) is 41.1 Å². The fourth-order valence-corrected chi connectivity index (χ4v) is 6.56. The fraction of sp³-hybridized carbons (Fsp3) is 0.947. The number of amides is 1. The first-order valence-corrected chi connectivity index (χ1v) is 9.58. The Morgan fingerprint density at radius 3 is 2.17 bits per heavy atom. The maximum absolute atomic E-state index is 12.7. The van der Waals surface area contributed by atoms with Crippen LogP contribution in [0, 0.1) is 29.1 Å². The van der Waals surface area contributed by atoms with Gasteiger partial charge in [-0.3, -0.25) is 4.79 Å². The van der Waals surface area contributed by atoms with E-state index in [1.165, 1.54) is 38.5 Å². The quantitative estimate of drug-likeness (QED) is 0.825. The Kier molecular flexibility index (Phi) is 5.00. The zero-order valence-corrected chi connectivity index (χ0v) is 15.5. The molecular weight excluding hydrogens is 308 g/mol. The number of hydrogen-bond donors (Lipinski definition) is 2. The molecule has 5 aliphatic rings. The number of carbonyl (C=O) groups is 1. The number of piperidine rings is 1. The van der Waals surface area contributed by atoms with Crippen LogP contribution in [0.3, 0.4) is 0 Å². The van der Waals surface area contributed by atoms with Gasteiger partial charge in [-0.1, -0.05) is 0 Å². The molecule has 4 heteroatoms. The van der Waals surface area contributed by atoms with Crippen molar-refractivity contribution in [2.75, 3.05) is 6.54 Å². The van der Waals surface area contributed by atoms with Gasteiger partial charge in [-0.2, -0.15) is 0 Å². The summed E-state index contributed by atoms with van der Waals surface area (Å²) in [7, 11) is 0. The molecule has 1 heterocycles. The van der Waals surface area contributed by atoms with Crippen LogP contribution in [-0.4, -0.2) is 24.5 Å². The van der Waals surface area contributed by atoms with E-state index in [4.69, 9.17) is 0 Å². The number of rotatable bonds is 3. The average molecular weight is 341 g/mol. The van der Waals surface area contributed by atoms with Crippen LogP contribution < -0.4 is 10.6 Å². The minimum absolute atomic E-state index is 0. The zero-order chi connectivity index (χ0) is 15.3. The summed E-state index contributed by atoms with van der Waals surface area (Å²) in [6, 6.07) is 0.859. The van der Waals surface area contributed by atoms with Crippen LogP contribution in [-0.2, 0) is 4.79 Å². The largest absolute Gasteiger partial charge is 0.353 e. The molecule has 0 aromatic rings. The van der Waals surface area contributed by atoms with Gasteiger partial charge in [0.05, 0.1) is 0 Å². The Labute approximate surface area is 147 Å². The highest BCUT2D eigenvalue weighted by Crippen LogP contribution is 2.61. The van der Waals surface area contributed by atoms with Crippen molar-refractivity contribution >= 4 is 18.3 Å². The molecular formula is C19H33ClN2O. The molecule has 1 aliphatic heterocycles. The van der Waals surface area contributed by atoms with Crippen molar-refractivity contribution in [2.45, 2.75) is 77.3 Å². The van der Waals surface area contributed by atoms with Gasteiger partial charge >= 0.3 is 0 Å². The predicted molar refractivity (Wildman–Crippen MR) is 95.6 cm³/mol. The monoisotopic (exact) mass is 340 g/mol. The first kappa shape index (κ1) is 17.5. The molecule has 0 radical (unpaired) electrons. The first-order valence-electron chi connectivity index (χ1n) is 9.58. The molecule has 3 atom stereocenters. The van der Waals surface area contributed by atoms with Crippen molar-refractivity contribution in [1.29, 1.82) is 0 Å². The van der Waals surface area contributed by atoms with Gasteiger partial charge in [-0.25, -0.2) is 0 Å². The second-order valence-corrected chi connectivity index (χ2v) is 9.09. The van der Waals surface area contributed by atoms with Crippen molar-refractivity contribution < 1.29 is 4.79 Å². The van der Waals surface area contributed by atoms with Crippen molar-refractivity contribution in [3.63, 3.8) is 0 Å². The Balaban J connectivity index is 0.00000156. The lowest BCUT2D eigenvalue weighted by molar-refractivity contribution is -0.130. The molecule has 5 rings (SSSR count). The third kappa shape index (κ3) is 3.28. The highest BCUT2D eigenvalue weighted by molar-refractivity contribution is 5.85. The molecule has 4 saturated carbocycles. The summed E-state index contributed by atoms with van der Waals surface area (Å²) >= 11 is 0. The third-order valence-electron chi connectivity index (χ3n) is 7.36.